The van der Waals surface area contributed by atoms with Gasteiger partial charge in [0.1, 0.15) is 0 Å². The van der Waals surface area contributed by atoms with E-state index in [1.807, 2.05) is 0 Å². The first kappa shape index (κ1) is 9.96. The summed E-state index contributed by atoms with van der Waals surface area (Å²) in [7, 11) is 1.61. The van der Waals surface area contributed by atoms with Gasteiger partial charge in [-0.05, 0) is 6.42 Å². The lowest BCUT2D eigenvalue weighted by molar-refractivity contribution is 0.173. The monoisotopic (exact) mass is 210 g/mol. The average Bonchev–Trinajstić information content (AvgIpc) is 2.71. The molecule has 0 aliphatic carbocycles. The van der Waals surface area contributed by atoms with Gasteiger partial charge in [-0.2, -0.15) is 0 Å². The second-order valence-corrected chi connectivity index (χ2v) is 3.20. The first-order chi connectivity index (χ1) is 7.35. The van der Waals surface area contributed by atoms with Gasteiger partial charge in [0.05, 0.1) is 13.7 Å². The molecule has 0 amide bonds. The molecular weight excluding hydrogens is 196 g/mol. The van der Waals surface area contributed by atoms with Gasteiger partial charge in [0.15, 0.2) is 23.0 Å². The van der Waals surface area contributed by atoms with Crippen LogP contribution in [-0.2, 0) is 0 Å². The third kappa shape index (κ3) is 1.93. The maximum Gasteiger partial charge on any atom is 0.231 e. The Kier molecular flexibility index (Phi) is 2.85. The van der Waals surface area contributed by atoms with E-state index in [1.165, 1.54) is 0 Å². The van der Waals surface area contributed by atoms with Crippen molar-refractivity contribution in [2.24, 2.45) is 0 Å². The maximum absolute atomic E-state index is 5.54. The molecule has 1 aromatic rings. The van der Waals surface area contributed by atoms with Crippen LogP contribution in [0.1, 0.15) is 13.3 Å². The maximum atomic E-state index is 5.54. The predicted molar refractivity (Wildman–Crippen MR) is 54.9 cm³/mol. The second kappa shape index (κ2) is 4.29. The van der Waals surface area contributed by atoms with E-state index in [0.717, 1.165) is 6.42 Å². The summed E-state index contributed by atoms with van der Waals surface area (Å²) in [4.78, 5) is 0. The molecule has 4 nitrogen and oxygen atoms in total. The summed E-state index contributed by atoms with van der Waals surface area (Å²) in [5, 5.41) is 0. The van der Waals surface area contributed by atoms with Crippen LogP contribution in [0.25, 0.3) is 0 Å². The summed E-state index contributed by atoms with van der Waals surface area (Å²) in [6.07, 6.45) is 0.956. The average molecular weight is 210 g/mol. The van der Waals surface area contributed by atoms with Crippen molar-refractivity contribution in [3.05, 3.63) is 12.1 Å². The topological polar surface area (TPSA) is 36.9 Å². The minimum absolute atomic E-state index is 0.260. The number of rotatable bonds is 4. The lowest BCUT2D eigenvalue weighted by Gasteiger charge is -2.10. The van der Waals surface area contributed by atoms with Crippen LogP contribution in [0.3, 0.4) is 0 Å². The van der Waals surface area contributed by atoms with Gasteiger partial charge >= 0.3 is 0 Å². The Hall–Kier alpha value is -1.58. The number of hydrogen-bond donors (Lipinski definition) is 0. The minimum Gasteiger partial charge on any atom is -0.493 e. The van der Waals surface area contributed by atoms with Gasteiger partial charge in [-0.3, -0.25) is 0 Å². The van der Waals surface area contributed by atoms with Crippen LogP contribution in [0.15, 0.2) is 12.1 Å². The minimum atomic E-state index is 0.260. The Balaban J connectivity index is 2.27. The van der Waals surface area contributed by atoms with Crippen molar-refractivity contribution in [3.8, 4) is 23.0 Å². The zero-order chi connectivity index (χ0) is 10.7. The van der Waals surface area contributed by atoms with Crippen molar-refractivity contribution in [1.82, 2.24) is 0 Å². The third-order valence-corrected chi connectivity index (χ3v) is 2.12. The molecule has 0 saturated carbocycles. The van der Waals surface area contributed by atoms with Crippen LogP contribution >= 0.6 is 0 Å². The van der Waals surface area contributed by atoms with Crippen molar-refractivity contribution >= 4 is 0 Å². The lowest BCUT2D eigenvalue weighted by atomic mass is 10.3. The molecule has 0 aromatic heterocycles. The Morgan fingerprint density at radius 1 is 1.20 bits per heavy atom. The Bertz CT molecular complexity index is 349. The summed E-state index contributed by atoms with van der Waals surface area (Å²) in [6, 6.07) is 3.59. The molecule has 0 spiro atoms. The highest BCUT2D eigenvalue weighted by atomic mass is 16.7. The van der Waals surface area contributed by atoms with Crippen molar-refractivity contribution in [3.63, 3.8) is 0 Å². The Morgan fingerprint density at radius 2 is 1.87 bits per heavy atom. The van der Waals surface area contributed by atoms with Crippen LogP contribution < -0.4 is 18.9 Å². The molecule has 1 heterocycles. The fourth-order valence-corrected chi connectivity index (χ4v) is 1.39. The summed E-state index contributed by atoms with van der Waals surface area (Å²) in [5.74, 6) is 2.79. The molecule has 1 aromatic carbocycles. The van der Waals surface area contributed by atoms with Gasteiger partial charge in [-0.1, -0.05) is 6.92 Å². The molecule has 0 bridgehead atoms. The highest BCUT2D eigenvalue weighted by Crippen LogP contribution is 2.41. The molecule has 0 atom stereocenters. The number of ether oxygens (including phenoxy) is 4. The first-order valence-corrected chi connectivity index (χ1v) is 4.95. The quantitative estimate of drug-likeness (QED) is 0.763. The van der Waals surface area contributed by atoms with Crippen LogP contribution in [-0.4, -0.2) is 20.5 Å². The molecule has 0 radical (unpaired) electrons. The van der Waals surface area contributed by atoms with E-state index in [0.29, 0.717) is 29.6 Å². The molecular formula is C11H14O4. The lowest BCUT2D eigenvalue weighted by Crippen LogP contribution is -1.97. The molecule has 15 heavy (non-hydrogen) atoms. The largest absolute Gasteiger partial charge is 0.493 e. The van der Waals surface area contributed by atoms with Gasteiger partial charge in [-0.25, -0.2) is 0 Å². The van der Waals surface area contributed by atoms with Crippen molar-refractivity contribution in [2.45, 2.75) is 13.3 Å². The van der Waals surface area contributed by atoms with E-state index >= 15 is 0 Å². The van der Waals surface area contributed by atoms with Crippen molar-refractivity contribution < 1.29 is 18.9 Å². The molecule has 0 N–H and O–H groups in total. The highest BCUT2D eigenvalue weighted by molar-refractivity contribution is 5.55. The van der Waals surface area contributed by atoms with E-state index in [9.17, 15) is 0 Å². The Labute approximate surface area is 88.7 Å². The van der Waals surface area contributed by atoms with Gasteiger partial charge in [0, 0.05) is 12.1 Å². The smallest absolute Gasteiger partial charge is 0.231 e. The van der Waals surface area contributed by atoms with Crippen LogP contribution in [0.2, 0.25) is 0 Å². The number of hydrogen-bond acceptors (Lipinski definition) is 4. The fourth-order valence-electron chi connectivity index (χ4n) is 1.39. The zero-order valence-electron chi connectivity index (χ0n) is 8.91. The molecule has 2 rings (SSSR count). The van der Waals surface area contributed by atoms with Crippen LogP contribution in [0, 0.1) is 0 Å². The molecule has 1 aliphatic heterocycles. The number of methoxy groups -OCH3 is 1. The summed E-state index contributed by atoms with van der Waals surface area (Å²) in [5.41, 5.74) is 0. The number of benzene rings is 1. The SMILES string of the molecule is CCCOc1cc2c(cc1OC)OCO2. The Morgan fingerprint density at radius 3 is 2.47 bits per heavy atom. The first-order valence-electron chi connectivity index (χ1n) is 4.95. The second-order valence-electron chi connectivity index (χ2n) is 3.20. The predicted octanol–water partition coefficient (Wildman–Crippen LogP) is 2.21. The normalized spacial score (nSPS) is 12.7. The van der Waals surface area contributed by atoms with Crippen LogP contribution in [0.5, 0.6) is 23.0 Å². The molecule has 1 aliphatic rings. The third-order valence-electron chi connectivity index (χ3n) is 2.12. The highest BCUT2D eigenvalue weighted by Gasteiger charge is 2.18. The van der Waals surface area contributed by atoms with E-state index in [-0.39, 0.29) is 6.79 Å². The van der Waals surface area contributed by atoms with E-state index in [1.54, 1.807) is 19.2 Å². The summed E-state index contributed by atoms with van der Waals surface area (Å²) in [6.45, 7) is 2.98. The molecule has 0 fully saturated rings. The summed E-state index contributed by atoms with van der Waals surface area (Å²) < 4.78 is 21.3. The molecule has 0 saturated heterocycles. The van der Waals surface area contributed by atoms with E-state index < -0.39 is 0 Å². The van der Waals surface area contributed by atoms with E-state index in [2.05, 4.69) is 6.92 Å². The van der Waals surface area contributed by atoms with Gasteiger partial charge < -0.3 is 18.9 Å². The van der Waals surface area contributed by atoms with Gasteiger partial charge in [0.2, 0.25) is 6.79 Å². The molecule has 82 valence electrons. The zero-order valence-corrected chi connectivity index (χ0v) is 8.91. The standard InChI is InChI=1S/C11H14O4/c1-3-4-13-9-6-11-10(14-7-15-11)5-8(9)12-2/h5-6H,3-4,7H2,1-2H3. The van der Waals surface area contributed by atoms with Crippen LogP contribution in [0.4, 0.5) is 0 Å². The fraction of sp³-hybridized carbons (Fsp3) is 0.455. The molecule has 4 heteroatoms. The van der Waals surface area contributed by atoms with Crippen molar-refractivity contribution in [2.75, 3.05) is 20.5 Å². The summed E-state index contributed by atoms with van der Waals surface area (Å²) >= 11 is 0. The van der Waals surface area contributed by atoms with Crippen molar-refractivity contribution in [1.29, 1.82) is 0 Å². The van der Waals surface area contributed by atoms with Gasteiger partial charge in [-0.15, -0.1) is 0 Å². The molecule has 0 unspecified atom stereocenters. The van der Waals surface area contributed by atoms with E-state index in [4.69, 9.17) is 18.9 Å². The van der Waals surface area contributed by atoms with Gasteiger partial charge in [0.25, 0.3) is 0 Å². The number of fused-ring (bicyclic) bond motifs is 1.